The average Bonchev–Trinajstić information content (AvgIpc) is 2.42. The first kappa shape index (κ1) is 15.5. The first-order valence-corrected chi connectivity index (χ1v) is 7.20. The van der Waals surface area contributed by atoms with Gasteiger partial charge in [0.05, 0.1) is 5.56 Å². The van der Waals surface area contributed by atoms with Crippen molar-refractivity contribution in [2.75, 3.05) is 25.5 Å². The molecular weight excluding hydrogens is 236 g/mol. The van der Waals surface area contributed by atoms with Crippen LogP contribution >= 0.6 is 0 Å². The number of aryl methyl sites for hydroxylation is 1. The van der Waals surface area contributed by atoms with Crippen molar-refractivity contribution < 1.29 is 4.79 Å². The monoisotopic (exact) mass is 262 g/mol. The van der Waals surface area contributed by atoms with Gasteiger partial charge in [0, 0.05) is 25.8 Å². The standard InChI is InChI=1S/C16H26N2O/c1-5-7-11-18(4)16(19)14-12-13(3)8-9-15(14)17-10-6-2/h8-9,12,17H,5-7,10-11H2,1-4H3. The number of hydrogen-bond acceptors (Lipinski definition) is 2. The maximum Gasteiger partial charge on any atom is 0.255 e. The molecule has 1 aromatic carbocycles. The van der Waals surface area contributed by atoms with Gasteiger partial charge in [-0.2, -0.15) is 0 Å². The van der Waals surface area contributed by atoms with Crippen LogP contribution in [0.5, 0.6) is 0 Å². The fraction of sp³-hybridized carbons (Fsp3) is 0.562. The third-order valence-corrected chi connectivity index (χ3v) is 3.16. The number of rotatable bonds is 7. The lowest BCUT2D eigenvalue weighted by Gasteiger charge is -2.19. The van der Waals surface area contributed by atoms with Crippen LogP contribution in [0.2, 0.25) is 0 Å². The minimum absolute atomic E-state index is 0.107. The van der Waals surface area contributed by atoms with E-state index in [1.807, 2.05) is 37.1 Å². The molecule has 19 heavy (non-hydrogen) atoms. The van der Waals surface area contributed by atoms with Gasteiger partial charge in [0.2, 0.25) is 0 Å². The van der Waals surface area contributed by atoms with Crippen molar-refractivity contribution in [1.29, 1.82) is 0 Å². The molecule has 0 aromatic heterocycles. The molecule has 1 aromatic rings. The van der Waals surface area contributed by atoms with Crippen molar-refractivity contribution in [1.82, 2.24) is 4.90 Å². The summed E-state index contributed by atoms with van der Waals surface area (Å²) in [4.78, 5) is 14.3. The summed E-state index contributed by atoms with van der Waals surface area (Å²) >= 11 is 0. The van der Waals surface area contributed by atoms with Gasteiger partial charge in [0.25, 0.3) is 5.91 Å². The van der Waals surface area contributed by atoms with E-state index >= 15 is 0 Å². The Kier molecular flexibility index (Phi) is 6.40. The number of amides is 1. The molecule has 0 radical (unpaired) electrons. The van der Waals surface area contributed by atoms with Crippen LogP contribution in [0.1, 0.15) is 49.0 Å². The highest BCUT2D eigenvalue weighted by molar-refractivity contribution is 5.99. The van der Waals surface area contributed by atoms with E-state index in [0.717, 1.165) is 49.2 Å². The average molecular weight is 262 g/mol. The first-order valence-electron chi connectivity index (χ1n) is 7.20. The van der Waals surface area contributed by atoms with Crippen molar-refractivity contribution in [2.45, 2.75) is 40.0 Å². The Balaban J connectivity index is 2.89. The molecule has 0 heterocycles. The molecule has 0 atom stereocenters. The molecule has 0 bridgehead atoms. The van der Waals surface area contributed by atoms with E-state index in [2.05, 4.69) is 19.2 Å². The molecule has 3 heteroatoms. The van der Waals surface area contributed by atoms with Crippen LogP contribution in [0.3, 0.4) is 0 Å². The van der Waals surface area contributed by atoms with Gasteiger partial charge in [0.15, 0.2) is 0 Å². The van der Waals surface area contributed by atoms with Gasteiger partial charge >= 0.3 is 0 Å². The van der Waals surface area contributed by atoms with Crippen LogP contribution in [-0.2, 0) is 0 Å². The number of unbranched alkanes of at least 4 members (excludes halogenated alkanes) is 1. The summed E-state index contributed by atoms with van der Waals surface area (Å²) in [6.45, 7) is 7.99. The SMILES string of the molecule is CCCCN(C)C(=O)c1cc(C)ccc1NCCC. The van der Waals surface area contributed by atoms with E-state index in [9.17, 15) is 4.79 Å². The number of nitrogens with one attached hydrogen (secondary N) is 1. The number of carbonyl (C=O) groups excluding carboxylic acids is 1. The zero-order valence-corrected chi connectivity index (χ0v) is 12.6. The number of hydrogen-bond donors (Lipinski definition) is 1. The van der Waals surface area contributed by atoms with Crippen molar-refractivity contribution in [2.24, 2.45) is 0 Å². The van der Waals surface area contributed by atoms with Gasteiger partial charge in [-0.25, -0.2) is 0 Å². The van der Waals surface area contributed by atoms with Crippen LogP contribution in [0, 0.1) is 6.92 Å². The second kappa shape index (κ2) is 7.82. The number of anilines is 1. The zero-order valence-electron chi connectivity index (χ0n) is 12.6. The lowest BCUT2D eigenvalue weighted by Crippen LogP contribution is -2.28. The Labute approximate surface area is 117 Å². The summed E-state index contributed by atoms with van der Waals surface area (Å²) in [5.41, 5.74) is 2.85. The third-order valence-electron chi connectivity index (χ3n) is 3.16. The van der Waals surface area contributed by atoms with E-state index in [0.29, 0.717) is 0 Å². The summed E-state index contributed by atoms with van der Waals surface area (Å²) in [6, 6.07) is 6.02. The zero-order chi connectivity index (χ0) is 14.3. The quantitative estimate of drug-likeness (QED) is 0.813. The lowest BCUT2D eigenvalue weighted by atomic mass is 10.1. The predicted octanol–water partition coefficient (Wildman–Crippen LogP) is 3.69. The second-order valence-corrected chi connectivity index (χ2v) is 5.06. The topological polar surface area (TPSA) is 32.3 Å². The molecule has 3 nitrogen and oxygen atoms in total. The largest absolute Gasteiger partial charge is 0.384 e. The molecular formula is C16H26N2O. The number of nitrogens with zero attached hydrogens (tertiary/aromatic N) is 1. The molecule has 1 amide bonds. The van der Waals surface area contributed by atoms with E-state index < -0.39 is 0 Å². The van der Waals surface area contributed by atoms with E-state index in [4.69, 9.17) is 0 Å². The van der Waals surface area contributed by atoms with Gasteiger partial charge in [-0.1, -0.05) is 31.9 Å². The number of carbonyl (C=O) groups is 1. The fourth-order valence-corrected chi connectivity index (χ4v) is 1.95. The summed E-state index contributed by atoms with van der Waals surface area (Å²) in [6.07, 6.45) is 3.20. The molecule has 1 N–H and O–H groups in total. The molecule has 0 aliphatic heterocycles. The Morgan fingerprint density at radius 3 is 2.63 bits per heavy atom. The molecule has 0 spiro atoms. The summed E-state index contributed by atoms with van der Waals surface area (Å²) in [7, 11) is 1.88. The van der Waals surface area contributed by atoms with Crippen LogP contribution < -0.4 is 5.32 Å². The minimum atomic E-state index is 0.107. The maximum atomic E-state index is 12.5. The Bertz CT molecular complexity index is 415. The molecule has 0 saturated heterocycles. The maximum absolute atomic E-state index is 12.5. The Morgan fingerprint density at radius 1 is 1.26 bits per heavy atom. The molecule has 0 fully saturated rings. The molecule has 0 aliphatic rings. The summed E-state index contributed by atoms with van der Waals surface area (Å²) < 4.78 is 0. The highest BCUT2D eigenvalue weighted by Gasteiger charge is 2.15. The van der Waals surface area contributed by atoms with Gasteiger partial charge in [-0.3, -0.25) is 4.79 Å². The molecule has 0 saturated carbocycles. The Hall–Kier alpha value is -1.51. The second-order valence-electron chi connectivity index (χ2n) is 5.06. The van der Waals surface area contributed by atoms with Gasteiger partial charge in [0.1, 0.15) is 0 Å². The number of benzene rings is 1. The smallest absolute Gasteiger partial charge is 0.255 e. The third kappa shape index (κ3) is 4.58. The van der Waals surface area contributed by atoms with E-state index in [1.165, 1.54) is 0 Å². The summed E-state index contributed by atoms with van der Waals surface area (Å²) in [5, 5.41) is 3.33. The van der Waals surface area contributed by atoms with Crippen LogP contribution in [0.25, 0.3) is 0 Å². The van der Waals surface area contributed by atoms with Crippen molar-refractivity contribution in [3.8, 4) is 0 Å². The molecule has 106 valence electrons. The van der Waals surface area contributed by atoms with Gasteiger partial charge in [-0.05, 0) is 31.9 Å². The Morgan fingerprint density at radius 2 is 2.00 bits per heavy atom. The minimum Gasteiger partial charge on any atom is -0.384 e. The van der Waals surface area contributed by atoms with E-state index in [1.54, 1.807) is 0 Å². The van der Waals surface area contributed by atoms with Gasteiger partial charge < -0.3 is 10.2 Å². The highest BCUT2D eigenvalue weighted by Crippen LogP contribution is 2.19. The van der Waals surface area contributed by atoms with Gasteiger partial charge in [-0.15, -0.1) is 0 Å². The lowest BCUT2D eigenvalue weighted by molar-refractivity contribution is 0.0794. The molecule has 0 unspecified atom stereocenters. The van der Waals surface area contributed by atoms with Crippen LogP contribution in [0.15, 0.2) is 18.2 Å². The first-order chi connectivity index (χ1) is 9.10. The van der Waals surface area contributed by atoms with Crippen LogP contribution in [0.4, 0.5) is 5.69 Å². The van der Waals surface area contributed by atoms with Crippen molar-refractivity contribution >= 4 is 11.6 Å². The summed E-state index contributed by atoms with van der Waals surface area (Å²) in [5.74, 6) is 0.107. The van der Waals surface area contributed by atoms with Crippen molar-refractivity contribution in [3.63, 3.8) is 0 Å². The molecule has 0 aliphatic carbocycles. The normalized spacial score (nSPS) is 10.3. The predicted molar refractivity (Wildman–Crippen MR) is 81.8 cm³/mol. The highest BCUT2D eigenvalue weighted by atomic mass is 16.2. The van der Waals surface area contributed by atoms with Crippen LogP contribution in [-0.4, -0.2) is 30.9 Å². The van der Waals surface area contributed by atoms with E-state index in [-0.39, 0.29) is 5.91 Å². The fourth-order valence-electron chi connectivity index (χ4n) is 1.95. The van der Waals surface area contributed by atoms with Crippen molar-refractivity contribution in [3.05, 3.63) is 29.3 Å². The molecule has 1 rings (SSSR count).